The van der Waals surface area contributed by atoms with Gasteiger partial charge in [0.05, 0.1) is 6.54 Å². The van der Waals surface area contributed by atoms with E-state index < -0.39 is 0 Å². The summed E-state index contributed by atoms with van der Waals surface area (Å²) in [7, 11) is 1.64. The molecule has 0 aromatic heterocycles. The normalized spacial score (nSPS) is 10.7. The Hall–Kier alpha value is -2.97. The van der Waals surface area contributed by atoms with Crippen LogP contribution in [0.15, 0.2) is 53.5 Å². The maximum Gasteiger partial charge on any atom is 0.243 e. The van der Waals surface area contributed by atoms with Crippen molar-refractivity contribution in [3.63, 3.8) is 0 Å². The molecule has 2 aromatic carbocycles. The number of carbonyl (C=O) groups is 1. The Morgan fingerprint density at radius 1 is 1.20 bits per heavy atom. The van der Waals surface area contributed by atoms with E-state index in [-0.39, 0.29) is 12.5 Å². The highest BCUT2D eigenvalue weighted by atomic mass is 35.5. The lowest BCUT2D eigenvalue weighted by Crippen LogP contribution is -2.41. The van der Waals surface area contributed by atoms with E-state index >= 15 is 0 Å². The van der Waals surface area contributed by atoms with Crippen molar-refractivity contribution < 1.29 is 4.79 Å². The molecule has 128 valence electrons. The number of aliphatic imine (C=N–C) groups is 1. The number of halogens is 1. The van der Waals surface area contributed by atoms with Crippen molar-refractivity contribution >= 4 is 29.2 Å². The number of guanidine groups is 1. The molecule has 0 bridgehead atoms. The Balaban J connectivity index is 1.80. The Kier molecular flexibility index (Phi) is 6.87. The van der Waals surface area contributed by atoms with Gasteiger partial charge < -0.3 is 16.0 Å². The van der Waals surface area contributed by atoms with E-state index in [2.05, 4.69) is 26.9 Å². The molecule has 0 aliphatic rings. The molecule has 25 heavy (non-hydrogen) atoms. The van der Waals surface area contributed by atoms with Gasteiger partial charge in [-0.1, -0.05) is 35.7 Å². The minimum atomic E-state index is -0.191. The van der Waals surface area contributed by atoms with E-state index in [1.807, 2.05) is 24.3 Å². The summed E-state index contributed by atoms with van der Waals surface area (Å²) >= 11 is 5.86. The van der Waals surface area contributed by atoms with Crippen LogP contribution in [0.5, 0.6) is 0 Å². The fraction of sp³-hybridized carbons (Fsp3) is 0.158. The number of benzene rings is 2. The van der Waals surface area contributed by atoms with E-state index in [1.165, 1.54) is 0 Å². The maximum absolute atomic E-state index is 12.0. The van der Waals surface area contributed by atoms with Crippen molar-refractivity contribution in [2.45, 2.75) is 6.54 Å². The van der Waals surface area contributed by atoms with Gasteiger partial charge in [-0.2, -0.15) is 0 Å². The summed E-state index contributed by atoms with van der Waals surface area (Å²) in [6.45, 7) is 0.656. The lowest BCUT2D eigenvalue weighted by atomic mass is 10.2. The van der Waals surface area contributed by atoms with E-state index in [0.717, 1.165) is 5.56 Å². The molecular formula is C19H19ClN4O. The average Bonchev–Trinajstić information content (AvgIpc) is 2.63. The first-order chi connectivity index (χ1) is 12.1. The van der Waals surface area contributed by atoms with Gasteiger partial charge in [-0.15, -0.1) is 6.42 Å². The quantitative estimate of drug-likeness (QED) is 0.439. The number of carbonyl (C=O) groups excluding carboxylic acids is 1. The number of amides is 1. The molecule has 0 aliphatic heterocycles. The van der Waals surface area contributed by atoms with Crippen LogP contribution in [0.1, 0.15) is 11.1 Å². The first kappa shape index (κ1) is 18.4. The first-order valence-corrected chi connectivity index (χ1v) is 8.04. The third-order valence-electron chi connectivity index (χ3n) is 3.33. The maximum atomic E-state index is 12.0. The Morgan fingerprint density at radius 3 is 2.64 bits per heavy atom. The zero-order valence-electron chi connectivity index (χ0n) is 13.8. The lowest BCUT2D eigenvalue weighted by Gasteiger charge is -2.12. The molecule has 0 saturated heterocycles. The van der Waals surface area contributed by atoms with Gasteiger partial charge in [0.1, 0.15) is 0 Å². The second kappa shape index (κ2) is 9.36. The highest BCUT2D eigenvalue weighted by Gasteiger charge is 2.05. The summed E-state index contributed by atoms with van der Waals surface area (Å²) in [5, 5.41) is 9.57. The molecule has 2 aromatic rings. The number of terminal acetylenes is 1. The fourth-order valence-electron chi connectivity index (χ4n) is 2.06. The van der Waals surface area contributed by atoms with Crippen molar-refractivity contribution in [2.75, 3.05) is 18.9 Å². The van der Waals surface area contributed by atoms with Gasteiger partial charge in [-0.3, -0.25) is 9.79 Å². The van der Waals surface area contributed by atoms with Crippen LogP contribution in [0.4, 0.5) is 5.69 Å². The highest BCUT2D eigenvalue weighted by Crippen LogP contribution is 2.10. The third kappa shape index (κ3) is 6.21. The van der Waals surface area contributed by atoms with Gasteiger partial charge >= 0.3 is 0 Å². The van der Waals surface area contributed by atoms with E-state index in [0.29, 0.717) is 28.8 Å². The van der Waals surface area contributed by atoms with Crippen LogP contribution >= 0.6 is 11.6 Å². The molecule has 6 heteroatoms. The summed E-state index contributed by atoms with van der Waals surface area (Å²) in [6, 6.07) is 14.6. The zero-order valence-corrected chi connectivity index (χ0v) is 14.6. The number of anilines is 1. The molecule has 2 rings (SSSR count). The van der Waals surface area contributed by atoms with Crippen molar-refractivity contribution in [1.82, 2.24) is 10.6 Å². The van der Waals surface area contributed by atoms with Crippen molar-refractivity contribution in [1.29, 1.82) is 0 Å². The predicted octanol–water partition coefficient (Wildman–Crippen LogP) is 2.63. The lowest BCUT2D eigenvalue weighted by molar-refractivity contribution is -0.115. The van der Waals surface area contributed by atoms with Gasteiger partial charge in [0.2, 0.25) is 5.91 Å². The van der Waals surface area contributed by atoms with Crippen molar-refractivity contribution in [3.05, 3.63) is 64.7 Å². The largest absolute Gasteiger partial charge is 0.352 e. The Labute approximate surface area is 152 Å². The molecule has 1 amide bonds. The Bertz CT molecular complexity index is 794. The fourth-order valence-corrected chi connectivity index (χ4v) is 2.19. The second-order valence-corrected chi connectivity index (χ2v) is 5.62. The van der Waals surface area contributed by atoms with E-state index in [1.54, 1.807) is 31.3 Å². The molecule has 0 aliphatic carbocycles. The van der Waals surface area contributed by atoms with Crippen LogP contribution in [0.3, 0.4) is 0 Å². The summed E-state index contributed by atoms with van der Waals surface area (Å²) in [4.78, 5) is 16.1. The SMILES string of the molecule is C#Cc1cccc(NC(=O)CNC(=NC)NCc2ccc(Cl)cc2)c1. The average molecular weight is 355 g/mol. The molecule has 0 radical (unpaired) electrons. The molecular weight excluding hydrogens is 336 g/mol. The molecule has 0 spiro atoms. The molecule has 0 saturated carbocycles. The minimum absolute atomic E-state index is 0.0839. The van der Waals surface area contributed by atoms with Gasteiger partial charge in [0.25, 0.3) is 0 Å². The molecule has 0 unspecified atom stereocenters. The summed E-state index contributed by atoms with van der Waals surface area (Å²) in [6.07, 6.45) is 5.35. The van der Waals surface area contributed by atoms with Crippen LogP contribution in [-0.4, -0.2) is 25.5 Å². The van der Waals surface area contributed by atoms with Crippen molar-refractivity contribution in [3.8, 4) is 12.3 Å². The number of nitrogens with one attached hydrogen (secondary N) is 3. The Morgan fingerprint density at radius 2 is 1.96 bits per heavy atom. The number of rotatable bonds is 5. The number of nitrogens with zero attached hydrogens (tertiary/aromatic N) is 1. The van der Waals surface area contributed by atoms with Crippen LogP contribution in [0, 0.1) is 12.3 Å². The van der Waals surface area contributed by atoms with Crippen LogP contribution in [-0.2, 0) is 11.3 Å². The van der Waals surface area contributed by atoms with Gasteiger partial charge in [-0.25, -0.2) is 0 Å². The number of hydrogen-bond donors (Lipinski definition) is 3. The smallest absolute Gasteiger partial charge is 0.243 e. The summed E-state index contributed by atoms with van der Waals surface area (Å²) in [5.41, 5.74) is 2.43. The molecule has 0 atom stereocenters. The molecule has 3 N–H and O–H groups in total. The molecule has 0 fully saturated rings. The van der Waals surface area contributed by atoms with Crippen molar-refractivity contribution in [2.24, 2.45) is 4.99 Å². The topological polar surface area (TPSA) is 65.5 Å². The van der Waals surface area contributed by atoms with Gasteiger partial charge in [0.15, 0.2) is 5.96 Å². The standard InChI is InChI=1S/C19H19ClN4O/c1-3-14-5-4-6-17(11-14)24-18(25)13-23-19(21-2)22-12-15-7-9-16(20)10-8-15/h1,4-11H,12-13H2,2H3,(H,24,25)(H2,21,22,23). The van der Waals surface area contributed by atoms with Crippen LogP contribution < -0.4 is 16.0 Å². The van der Waals surface area contributed by atoms with Crippen LogP contribution in [0.25, 0.3) is 0 Å². The van der Waals surface area contributed by atoms with Gasteiger partial charge in [-0.05, 0) is 35.9 Å². The predicted molar refractivity (Wildman–Crippen MR) is 103 cm³/mol. The third-order valence-corrected chi connectivity index (χ3v) is 3.58. The second-order valence-electron chi connectivity index (χ2n) is 5.18. The highest BCUT2D eigenvalue weighted by molar-refractivity contribution is 6.30. The van der Waals surface area contributed by atoms with Gasteiger partial charge in [0, 0.05) is 29.9 Å². The monoisotopic (exact) mass is 354 g/mol. The molecule has 5 nitrogen and oxygen atoms in total. The molecule has 0 heterocycles. The zero-order chi connectivity index (χ0) is 18.1. The summed E-state index contributed by atoms with van der Waals surface area (Å²) < 4.78 is 0. The van der Waals surface area contributed by atoms with E-state index in [9.17, 15) is 4.79 Å². The number of hydrogen-bond acceptors (Lipinski definition) is 2. The summed E-state index contributed by atoms with van der Waals surface area (Å²) in [5.74, 6) is 2.87. The first-order valence-electron chi connectivity index (χ1n) is 7.66. The van der Waals surface area contributed by atoms with E-state index in [4.69, 9.17) is 18.0 Å². The minimum Gasteiger partial charge on any atom is -0.352 e. The van der Waals surface area contributed by atoms with Crippen LogP contribution in [0.2, 0.25) is 5.02 Å².